The van der Waals surface area contributed by atoms with Crippen molar-refractivity contribution in [2.45, 2.75) is 50.4 Å². The maximum atomic E-state index is 13.0. The molecule has 112 valence electrons. The molecular formula is C11H14F3N3O3. The molecule has 1 aliphatic carbocycles. The van der Waals surface area contributed by atoms with E-state index in [1.807, 2.05) is 0 Å². The Bertz CT molecular complexity index is 501. The van der Waals surface area contributed by atoms with Crippen LogP contribution in [0.5, 0.6) is 0 Å². The van der Waals surface area contributed by atoms with Gasteiger partial charge in [-0.3, -0.25) is 0 Å². The summed E-state index contributed by atoms with van der Waals surface area (Å²) < 4.78 is 39.6. The summed E-state index contributed by atoms with van der Waals surface area (Å²) in [5.74, 6) is -1.79. The van der Waals surface area contributed by atoms with Gasteiger partial charge in [-0.2, -0.15) is 13.2 Å². The van der Waals surface area contributed by atoms with Gasteiger partial charge in [0.2, 0.25) is 5.69 Å². The van der Waals surface area contributed by atoms with Gasteiger partial charge in [-0.1, -0.05) is 24.5 Å². The van der Waals surface area contributed by atoms with Crippen molar-refractivity contribution in [1.82, 2.24) is 15.0 Å². The molecule has 9 heteroatoms. The van der Waals surface area contributed by atoms with E-state index in [1.54, 1.807) is 0 Å². The second kappa shape index (κ2) is 5.39. The van der Waals surface area contributed by atoms with Crippen molar-refractivity contribution in [1.29, 1.82) is 0 Å². The van der Waals surface area contributed by atoms with Gasteiger partial charge in [0.15, 0.2) is 5.69 Å². The quantitative estimate of drug-likeness (QED) is 0.813. The largest absolute Gasteiger partial charge is 0.476 e. The van der Waals surface area contributed by atoms with E-state index in [9.17, 15) is 23.1 Å². The molecule has 0 aromatic carbocycles. The highest BCUT2D eigenvalue weighted by molar-refractivity contribution is 5.86. The molecule has 1 aromatic rings. The Morgan fingerprint density at radius 2 is 1.90 bits per heavy atom. The number of halogens is 3. The first-order chi connectivity index (χ1) is 9.32. The molecule has 2 unspecified atom stereocenters. The van der Waals surface area contributed by atoms with Crippen LogP contribution >= 0.6 is 0 Å². The molecule has 0 saturated heterocycles. The predicted molar refractivity (Wildman–Crippen MR) is 60.1 cm³/mol. The van der Waals surface area contributed by atoms with Crippen molar-refractivity contribution in [3.8, 4) is 0 Å². The van der Waals surface area contributed by atoms with Crippen LogP contribution in [0.3, 0.4) is 0 Å². The van der Waals surface area contributed by atoms with E-state index in [4.69, 9.17) is 5.11 Å². The summed E-state index contributed by atoms with van der Waals surface area (Å²) in [5.41, 5.74) is -2.54. The fraction of sp³-hybridized carbons (Fsp3) is 0.727. The Kier molecular flexibility index (Phi) is 3.98. The van der Waals surface area contributed by atoms with E-state index >= 15 is 0 Å². The fourth-order valence-corrected chi connectivity index (χ4v) is 2.49. The Morgan fingerprint density at radius 3 is 2.50 bits per heavy atom. The molecule has 1 fully saturated rings. The van der Waals surface area contributed by atoms with Crippen LogP contribution in [0, 0.1) is 0 Å². The van der Waals surface area contributed by atoms with Crippen molar-refractivity contribution in [3.05, 3.63) is 11.4 Å². The Morgan fingerprint density at radius 1 is 1.25 bits per heavy atom. The first kappa shape index (κ1) is 14.8. The number of aromatic carboxylic acids is 1. The minimum atomic E-state index is -4.89. The molecule has 2 rings (SSSR count). The van der Waals surface area contributed by atoms with E-state index < -0.39 is 35.7 Å². The third-order valence-corrected chi connectivity index (χ3v) is 3.42. The van der Waals surface area contributed by atoms with Crippen molar-refractivity contribution in [3.63, 3.8) is 0 Å². The van der Waals surface area contributed by atoms with Crippen LogP contribution in [0.15, 0.2) is 0 Å². The highest BCUT2D eigenvalue weighted by Crippen LogP contribution is 2.36. The zero-order chi connectivity index (χ0) is 14.9. The molecule has 2 N–H and O–H groups in total. The summed E-state index contributed by atoms with van der Waals surface area (Å²) in [7, 11) is 0. The number of carbonyl (C=O) groups is 1. The second-order valence-electron chi connectivity index (χ2n) is 4.81. The normalized spacial score (nSPS) is 24.4. The molecule has 0 aliphatic heterocycles. The van der Waals surface area contributed by atoms with Gasteiger partial charge in [0.1, 0.15) is 0 Å². The summed E-state index contributed by atoms with van der Waals surface area (Å²) in [6.45, 7) is 0. The van der Waals surface area contributed by atoms with Crippen molar-refractivity contribution >= 4 is 5.97 Å². The fourth-order valence-electron chi connectivity index (χ4n) is 2.49. The summed E-state index contributed by atoms with van der Waals surface area (Å²) in [6.07, 6.45) is -3.00. The van der Waals surface area contributed by atoms with Crippen LogP contribution in [0.2, 0.25) is 0 Å². The maximum absolute atomic E-state index is 13.0. The number of hydrogen-bond donors (Lipinski definition) is 2. The molecular weight excluding hydrogens is 279 g/mol. The summed E-state index contributed by atoms with van der Waals surface area (Å²) in [5, 5.41) is 25.2. The number of alkyl halides is 3. The molecule has 2 atom stereocenters. The van der Waals surface area contributed by atoms with Gasteiger partial charge in [0.25, 0.3) is 0 Å². The monoisotopic (exact) mass is 293 g/mol. The first-order valence-electron chi connectivity index (χ1n) is 6.26. The Hall–Kier alpha value is -1.64. The summed E-state index contributed by atoms with van der Waals surface area (Å²) in [6, 6.07) is -0.894. The number of carboxylic acids is 1. The number of aromatic nitrogens is 3. The molecule has 20 heavy (non-hydrogen) atoms. The Labute approximate surface area is 112 Å². The third kappa shape index (κ3) is 2.77. The van der Waals surface area contributed by atoms with E-state index in [0.717, 1.165) is 12.8 Å². The van der Waals surface area contributed by atoms with Crippen LogP contribution in [-0.4, -0.2) is 37.3 Å². The SMILES string of the molecule is O=C(O)c1nnn(C2CCCCCC2O)c1C(F)(F)F. The van der Waals surface area contributed by atoms with E-state index in [-0.39, 0.29) is 0 Å². The number of nitrogens with zero attached hydrogens (tertiary/aromatic N) is 3. The lowest BCUT2D eigenvalue weighted by atomic mass is 10.1. The van der Waals surface area contributed by atoms with Crippen LogP contribution in [0.25, 0.3) is 0 Å². The second-order valence-corrected chi connectivity index (χ2v) is 4.81. The lowest BCUT2D eigenvalue weighted by Crippen LogP contribution is -2.28. The van der Waals surface area contributed by atoms with Gasteiger partial charge in [-0.25, -0.2) is 9.48 Å². The van der Waals surface area contributed by atoms with E-state index in [0.29, 0.717) is 23.9 Å². The Balaban J connectivity index is 2.48. The first-order valence-corrected chi connectivity index (χ1v) is 6.26. The lowest BCUT2D eigenvalue weighted by molar-refractivity contribution is -0.146. The standard InChI is InChI=1S/C11H14F3N3O3/c12-11(13,14)9-8(10(19)20)15-16-17(9)6-4-2-1-3-5-7(6)18/h6-7,18H,1-5H2,(H,19,20). The molecule has 0 radical (unpaired) electrons. The molecule has 1 aliphatic rings. The van der Waals surface area contributed by atoms with Crippen molar-refractivity contribution in [2.24, 2.45) is 0 Å². The average molecular weight is 293 g/mol. The van der Waals surface area contributed by atoms with E-state index in [2.05, 4.69) is 10.3 Å². The number of hydrogen-bond acceptors (Lipinski definition) is 4. The van der Waals surface area contributed by atoms with Crippen LogP contribution < -0.4 is 0 Å². The van der Waals surface area contributed by atoms with Gasteiger partial charge in [-0.05, 0) is 12.8 Å². The number of aliphatic hydroxyl groups is 1. The molecule has 0 spiro atoms. The molecule has 1 aromatic heterocycles. The molecule has 1 saturated carbocycles. The van der Waals surface area contributed by atoms with Gasteiger partial charge >= 0.3 is 12.1 Å². The minimum Gasteiger partial charge on any atom is -0.476 e. The van der Waals surface area contributed by atoms with Crippen molar-refractivity contribution in [2.75, 3.05) is 0 Å². The predicted octanol–water partition coefficient (Wildman–Crippen LogP) is 1.86. The van der Waals surface area contributed by atoms with Gasteiger partial charge < -0.3 is 10.2 Å². The summed E-state index contributed by atoms with van der Waals surface area (Å²) in [4.78, 5) is 10.8. The van der Waals surface area contributed by atoms with Crippen LogP contribution in [0.1, 0.15) is 54.3 Å². The van der Waals surface area contributed by atoms with Gasteiger partial charge in [0.05, 0.1) is 12.1 Å². The highest BCUT2D eigenvalue weighted by Gasteiger charge is 2.44. The number of aliphatic hydroxyl groups excluding tert-OH is 1. The van der Waals surface area contributed by atoms with Gasteiger partial charge in [0, 0.05) is 0 Å². The van der Waals surface area contributed by atoms with Crippen LogP contribution in [0.4, 0.5) is 13.2 Å². The van der Waals surface area contributed by atoms with Crippen molar-refractivity contribution < 1.29 is 28.2 Å². The maximum Gasteiger partial charge on any atom is 0.435 e. The molecule has 0 amide bonds. The number of rotatable bonds is 2. The van der Waals surface area contributed by atoms with Gasteiger partial charge in [-0.15, -0.1) is 5.10 Å². The molecule has 0 bridgehead atoms. The zero-order valence-electron chi connectivity index (χ0n) is 10.5. The lowest BCUT2D eigenvalue weighted by Gasteiger charge is -2.22. The topological polar surface area (TPSA) is 88.2 Å². The average Bonchev–Trinajstić information content (AvgIpc) is 2.68. The number of carboxylic acid groups (broad SMARTS) is 1. The minimum absolute atomic E-state index is 0.312. The summed E-state index contributed by atoms with van der Waals surface area (Å²) >= 11 is 0. The molecule has 1 heterocycles. The zero-order valence-corrected chi connectivity index (χ0v) is 10.5. The third-order valence-electron chi connectivity index (χ3n) is 3.42. The van der Waals surface area contributed by atoms with E-state index in [1.165, 1.54) is 0 Å². The smallest absolute Gasteiger partial charge is 0.435 e. The highest BCUT2D eigenvalue weighted by atomic mass is 19.4. The van der Waals surface area contributed by atoms with Crippen LogP contribution in [-0.2, 0) is 6.18 Å². The molecule has 6 nitrogen and oxygen atoms in total.